The maximum absolute atomic E-state index is 12.9. The third-order valence-electron chi connectivity index (χ3n) is 6.29. The highest BCUT2D eigenvalue weighted by molar-refractivity contribution is 5.96. The first kappa shape index (κ1) is 27.1. The van der Waals surface area contributed by atoms with Crippen LogP contribution >= 0.6 is 0 Å². The van der Waals surface area contributed by atoms with Crippen LogP contribution in [-0.4, -0.2) is 16.8 Å². The SMILES string of the molecule is CC(C)Cc1ccc(C(C)C(=O)Nc2cccc(NC(=O)C(C)c3ccc(CC(C)C)cc3)n2)cc1. The number of rotatable bonds is 10. The Bertz CT molecular complexity index is 1060. The van der Waals surface area contributed by atoms with Crippen molar-refractivity contribution < 1.29 is 9.59 Å². The van der Waals surface area contributed by atoms with Gasteiger partial charge >= 0.3 is 0 Å². The van der Waals surface area contributed by atoms with Gasteiger partial charge in [0.1, 0.15) is 11.6 Å². The van der Waals surface area contributed by atoms with Gasteiger partial charge in [-0.15, -0.1) is 0 Å². The van der Waals surface area contributed by atoms with E-state index < -0.39 is 0 Å². The van der Waals surface area contributed by atoms with Crippen LogP contribution in [0.5, 0.6) is 0 Å². The van der Waals surface area contributed by atoms with Gasteiger partial charge in [-0.1, -0.05) is 82.3 Å². The molecule has 0 aliphatic rings. The van der Waals surface area contributed by atoms with Crippen molar-refractivity contribution in [2.24, 2.45) is 11.8 Å². The molecule has 0 radical (unpaired) electrons. The largest absolute Gasteiger partial charge is 0.310 e. The molecule has 0 bridgehead atoms. The molecule has 5 nitrogen and oxygen atoms in total. The van der Waals surface area contributed by atoms with Gasteiger partial charge in [0.15, 0.2) is 0 Å². The topological polar surface area (TPSA) is 71.1 Å². The number of pyridine rings is 1. The Labute approximate surface area is 215 Å². The second-order valence-electron chi connectivity index (χ2n) is 10.5. The van der Waals surface area contributed by atoms with Crippen LogP contribution in [0.3, 0.4) is 0 Å². The van der Waals surface area contributed by atoms with Crippen molar-refractivity contribution in [1.29, 1.82) is 0 Å². The van der Waals surface area contributed by atoms with Gasteiger partial charge in [0.2, 0.25) is 11.8 Å². The fourth-order valence-corrected chi connectivity index (χ4v) is 4.17. The summed E-state index contributed by atoms with van der Waals surface area (Å²) >= 11 is 0. The molecule has 2 unspecified atom stereocenters. The molecule has 3 rings (SSSR count). The number of nitrogens with zero attached hydrogens (tertiary/aromatic N) is 1. The van der Waals surface area contributed by atoms with Crippen molar-refractivity contribution >= 4 is 23.5 Å². The van der Waals surface area contributed by atoms with Crippen LogP contribution in [-0.2, 0) is 22.4 Å². The minimum Gasteiger partial charge on any atom is -0.310 e. The van der Waals surface area contributed by atoms with Crippen molar-refractivity contribution in [3.8, 4) is 0 Å². The minimum atomic E-state index is -0.322. The highest BCUT2D eigenvalue weighted by atomic mass is 16.2. The number of aromatic nitrogens is 1. The zero-order chi connectivity index (χ0) is 26.2. The van der Waals surface area contributed by atoms with Crippen molar-refractivity contribution in [3.63, 3.8) is 0 Å². The van der Waals surface area contributed by atoms with E-state index in [1.807, 2.05) is 38.1 Å². The molecule has 5 heteroatoms. The van der Waals surface area contributed by atoms with Crippen molar-refractivity contribution in [2.45, 2.75) is 66.2 Å². The van der Waals surface area contributed by atoms with E-state index in [-0.39, 0.29) is 23.7 Å². The molecule has 1 heterocycles. The molecule has 2 N–H and O–H groups in total. The van der Waals surface area contributed by atoms with Crippen LogP contribution < -0.4 is 10.6 Å². The summed E-state index contributed by atoms with van der Waals surface area (Å²) in [5, 5.41) is 5.76. The normalized spacial score (nSPS) is 12.9. The summed E-state index contributed by atoms with van der Waals surface area (Å²) in [7, 11) is 0. The van der Waals surface area contributed by atoms with Crippen molar-refractivity contribution in [3.05, 3.63) is 89.0 Å². The van der Waals surface area contributed by atoms with Gasteiger partial charge < -0.3 is 10.6 Å². The van der Waals surface area contributed by atoms with E-state index in [9.17, 15) is 9.59 Å². The first-order chi connectivity index (χ1) is 17.1. The summed E-state index contributed by atoms with van der Waals surface area (Å²) in [5.74, 6) is 1.07. The number of anilines is 2. The summed E-state index contributed by atoms with van der Waals surface area (Å²) in [6, 6.07) is 21.6. The number of amides is 2. The Balaban J connectivity index is 1.60. The van der Waals surface area contributed by atoms with Gasteiger partial charge in [0.05, 0.1) is 11.8 Å². The predicted molar refractivity (Wildman–Crippen MR) is 148 cm³/mol. The Hall–Kier alpha value is -3.47. The van der Waals surface area contributed by atoms with E-state index >= 15 is 0 Å². The molecule has 2 amide bonds. The Morgan fingerprint density at radius 3 is 1.31 bits per heavy atom. The number of hydrogen-bond acceptors (Lipinski definition) is 3. The molecule has 2 atom stereocenters. The van der Waals surface area contributed by atoms with E-state index in [2.05, 4.69) is 67.6 Å². The number of carbonyl (C=O) groups is 2. The number of carbonyl (C=O) groups excluding carboxylic acids is 2. The van der Waals surface area contributed by atoms with Crippen LogP contribution in [0.25, 0.3) is 0 Å². The van der Waals surface area contributed by atoms with Gasteiger partial charge in [0.25, 0.3) is 0 Å². The highest BCUT2D eigenvalue weighted by Crippen LogP contribution is 2.22. The fraction of sp³-hybridized carbons (Fsp3) is 0.387. The third-order valence-corrected chi connectivity index (χ3v) is 6.29. The zero-order valence-corrected chi connectivity index (χ0v) is 22.3. The molecule has 0 saturated heterocycles. The summed E-state index contributed by atoms with van der Waals surface area (Å²) in [6.45, 7) is 12.5. The lowest BCUT2D eigenvalue weighted by Gasteiger charge is -2.15. The second-order valence-corrected chi connectivity index (χ2v) is 10.5. The molecule has 0 saturated carbocycles. The van der Waals surface area contributed by atoms with Gasteiger partial charge in [-0.05, 0) is 72.9 Å². The molecular formula is C31H39N3O2. The lowest BCUT2D eigenvalue weighted by atomic mass is 9.96. The molecule has 3 aromatic rings. The van der Waals surface area contributed by atoms with Crippen LogP contribution in [0, 0.1) is 11.8 Å². The highest BCUT2D eigenvalue weighted by Gasteiger charge is 2.18. The maximum atomic E-state index is 12.9. The monoisotopic (exact) mass is 485 g/mol. The smallest absolute Gasteiger partial charge is 0.232 e. The minimum absolute atomic E-state index is 0.141. The van der Waals surface area contributed by atoms with Crippen molar-refractivity contribution in [2.75, 3.05) is 10.6 Å². The van der Waals surface area contributed by atoms with Gasteiger partial charge in [-0.25, -0.2) is 4.98 Å². The third kappa shape index (κ3) is 7.77. The Morgan fingerprint density at radius 1 is 0.611 bits per heavy atom. The average Bonchev–Trinajstić information content (AvgIpc) is 2.83. The first-order valence-corrected chi connectivity index (χ1v) is 12.9. The first-order valence-electron chi connectivity index (χ1n) is 12.9. The number of hydrogen-bond donors (Lipinski definition) is 2. The summed E-state index contributed by atoms with van der Waals surface area (Å²) in [4.78, 5) is 30.2. The number of nitrogens with one attached hydrogen (secondary N) is 2. The lowest BCUT2D eigenvalue weighted by molar-refractivity contribution is -0.118. The van der Waals surface area contributed by atoms with E-state index in [4.69, 9.17) is 0 Å². The molecule has 0 aliphatic heterocycles. The number of benzene rings is 2. The quantitative estimate of drug-likeness (QED) is 0.326. The van der Waals surface area contributed by atoms with E-state index in [0.29, 0.717) is 23.5 Å². The average molecular weight is 486 g/mol. The lowest BCUT2D eigenvalue weighted by Crippen LogP contribution is -2.21. The molecule has 1 aromatic heterocycles. The van der Waals surface area contributed by atoms with Crippen molar-refractivity contribution in [1.82, 2.24) is 4.98 Å². The Kier molecular flexibility index (Phi) is 9.40. The predicted octanol–water partition coefficient (Wildman–Crippen LogP) is 6.96. The van der Waals surface area contributed by atoms with E-state index in [0.717, 1.165) is 24.0 Å². The molecular weight excluding hydrogens is 446 g/mol. The van der Waals surface area contributed by atoms with Gasteiger partial charge in [-0.2, -0.15) is 0 Å². The summed E-state index contributed by atoms with van der Waals surface area (Å²) in [6.07, 6.45) is 2.04. The molecule has 0 spiro atoms. The molecule has 36 heavy (non-hydrogen) atoms. The van der Waals surface area contributed by atoms with Crippen LogP contribution in [0.2, 0.25) is 0 Å². The molecule has 2 aromatic carbocycles. The maximum Gasteiger partial charge on any atom is 0.232 e. The van der Waals surface area contributed by atoms with Crippen LogP contribution in [0.15, 0.2) is 66.7 Å². The fourth-order valence-electron chi connectivity index (χ4n) is 4.17. The van der Waals surface area contributed by atoms with Gasteiger partial charge in [-0.3, -0.25) is 9.59 Å². The standard InChI is InChI=1S/C31H39N3O2/c1-20(2)18-24-10-14-26(15-11-24)22(5)30(35)33-28-8-7-9-29(32-28)34-31(36)23(6)27-16-12-25(13-17-27)19-21(3)4/h7-17,20-23H,18-19H2,1-6H3,(H2,32,33,34,35,36). The van der Waals surface area contributed by atoms with E-state index in [1.54, 1.807) is 18.2 Å². The second kappa shape index (κ2) is 12.5. The molecule has 0 aliphatic carbocycles. The Morgan fingerprint density at radius 2 is 0.972 bits per heavy atom. The molecule has 0 fully saturated rings. The van der Waals surface area contributed by atoms with E-state index in [1.165, 1.54) is 11.1 Å². The van der Waals surface area contributed by atoms with Gasteiger partial charge in [0, 0.05) is 0 Å². The molecule has 190 valence electrons. The summed E-state index contributed by atoms with van der Waals surface area (Å²) in [5.41, 5.74) is 4.45. The van der Waals surface area contributed by atoms with Crippen LogP contribution in [0.4, 0.5) is 11.6 Å². The summed E-state index contributed by atoms with van der Waals surface area (Å²) < 4.78 is 0. The van der Waals surface area contributed by atoms with Crippen LogP contribution in [0.1, 0.15) is 75.6 Å². The zero-order valence-electron chi connectivity index (χ0n) is 22.3.